The van der Waals surface area contributed by atoms with Crippen LogP contribution in [0.25, 0.3) is 0 Å². The summed E-state index contributed by atoms with van der Waals surface area (Å²) in [7, 11) is 0. The van der Waals surface area contributed by atoms with Crippen LogP contribution >= 0.6 is 0 Å². The first-order valence-electron chi connectivity index (χ1n) is 7.11. The van der Waals surface area contributed by atoms with Gasteiger partial charge in [0.1, 0.15) is 0 Å². The van der Waals surface area contributed by atoms with Crippen LogP contribution in [0.15, 0.2) is 42.7 Å². The number of anilines is 1. The van der Waals surface area contributed by atoms with Gasteiger partial charge < -0.3 is 10.6 Å². The molecule has 0 bridgehead atoms. The number of benzene rings is 1. The summed E-state index contributed by atoms with van der Waals surface area (Å²) < 4.78 is 0. The van der Waals surface area contributed by atoms with E-state index in [1.807, 2.05) is 31.2 Å². The lowest BCUT2D eigenvalue weighted by atomic mass is 9.98. The van der Waals surface area contributed by atoms with Crippen LogP contribution < -0.4 is 10.6 Å². The Morgan fingerprint density at radius 1 is 1.19 bits per heavy atom. The Morgan fingerprint density at radius 3 is 2.57 bits per heavy atom. The molecule has 2 aromatic rings. The van der Waals surface area contributed by atoms with E-state index in [4.69, 9.17) is 0 Å². The monoisotopic (exact) mass is 283 g/mol. The minimum atomic E-state index is -0.192. The van der Waals surface area contributed by atoms with E-state index in [0.717, 1.165) is 22.4 Å². The lowest BCUT2D eigenvalue weighted by molar-refractivity contribution is 0.251. The van der Waals surface area contributed by atoms with Crippen molar-refractivity contribution in [2.24, 2.45) is 0 Å². The number of hydrogen-bond acceptors (Lipinski definition) is 2. The predicted octanol–water partition coefficient (Wildman–Crippen LogP) is 3.84. The Kier molecular flexibility index (Phi) is 4.93. The average Bonchev–Trinajstić information content (AvgIpc) is 2.48. The number of pyridine rings is 1. The summed E-state index contributed by atoms with van der Waals surface area (Å²) in [5.74, 6) is 0.361. The summed E-state index contributed by atoms with van der Waals surface area (Å²) in [4.78, 5) is 16.0. The maximum absolute atomic E-state index is 12.1. The second-order valence-electron chi connectivity index (χ2n) is 5.36. The second kappa shape index (κ2) is 6.88. The molecule has 4 nitrogen and oxygen atoms in total. The number of urea groups is 1. The quantitative estimate of drug-likeness (QED) is 0.895. The van der Waals surface area contributed by atoms with E-state index >= 15 is 0 Å². The van der Waals surface area contributed by atoms with E-state index in [-0.39, 0.29) is 6.03 Å². The van der Waals surface area contributed by atoms with Gasteiger partial charge in [0.2, 0.25) is 0 Å². The third-order valence-electron chi connectivity index (χ3n) is 3.37. The van der Waals surface area contributed by atoms with Crippen molar-refractivity contribution in [3.05, 3.63) is 59.4 Å². The SMILES string of the molecule is Cc1cccc(C(C)C)c1NC(=O)NCc1ccncc1. The first-order valence-corrected chi connectivity index (χ1v) is 7.11. The number of rotatable bonds is 4. The Hall–Kier alpha value is -2.36. The van der Waals surface area contributed by atoms with Crippen molar-refractivity contribution in [3.8, 4) is 0 Å². The highest BCUT2D eigenvalue weighted by Crippen LogP contribution is 2.27. The Morgan fingerprint density at radius 2 is 1.90 bits per heavy atom. The molecular weight excluding hydrogens is 262 g/mol. The van der Waals surface area contributed by atoms with E-state index in [2.05, 4.69) is 35.5 Å². The Bertz CT molecular complexity index is 609. The molecule has 1 heterocycles. The summed E-state index contributed by atoms with van der Waals surface area (Å²) in [6.45, 7) is 6.73. The summed E-state index contributed by atoms with van der Waals surface area (Å²) in [6, 6.07) is 9.65. The molecule has 0 aliphatic heterocycles. The number of carbonyl (C=O) groups is 1. The van der Waals surface area contributed by atoms with Gasteiger partial charge in [-0.1, -0.05) is 32.0 Å². The van der Waals surface area contributed by atoms with E-state index in [1.165, 1.54) is 0 Å². The van der Waals surface area contributed by atoms with Gasteiger partial charge in [-0.3, -0.25) is 4.98 Å². The van der Waals surface area contributed by atoms with Crippen LogP contribution in [0.2, 0.25) is 0 Å². The molecule has 0 radical (unpaired) electrons. The zero-order valence-corrected chi connectivity index (χ0v) is 12.7. The fourth-order valence-corrected chi connectivity index (χ4v) is 2.18. The highest BCUT2D eigenvalue weighted by Gasteiger charge is 2.11. The smallest absolute Gasteiger partial charge is 0.319 e. The second-order valence-corrected chi connectivity index (χ2v) is 5.36. The molecule has 21 heavy (non-hydrogen) atoms. The van der Waals surface area contributed by atoms with E-state index in [9.17, 15) is 4.79 Å². The zero-order chi connectivity index (χ0) is 15.2. The zero-order valence-electron chi connectivity index (χ0n) is 12.7. The molecule has 0 aliphatic carbocycles. The van der Waals surface area contributed by atoms with Gasteiger partial charge >= 0.3 is 6.03 Å². The summed E-state index contributed by atoms with van der Waals surface area (Å²) in [5, 5.41) is 5.83. The standard InChI is InChI=1S/C17H21N3O/c1-12(2)15-6-4-5-13(3)16(15)20-17(21)19-11-14-7-9-18-10-8-14/h4-10,12H,11H2,1-3H3,(H2,19,20,21). The number of carbonyl (C=O) groups excluding carboxylic acids is 1. The molecule has 2 N–H and O–H groups in total. The molecule has 0 spiro atoms. The van der Waals surface area contributed by atoms with Crippen molar-refractivity contribution in [3.63, 3.8) is 0 Å². The van der Waals surface area contributed by atoms with Crippen LogP contribution in [0.4, 0.5) is 10.5 Å². The molecule has 0 unspecified atom stereocenters. The van der Waals surface area contributed by atoms with Gasteiger partial charge in [0.15, 0.2) is 0 Å². The van der Waals surface area contributed by atoms with Crippen LogP contribution in [0, 0.1) is 6.92 Å². The molecule has 0 fully saturated rings. The van der Waals surface area contributed by atoms with Gasteiger partial charge in [-0.25, -0.2) is 4.79 Å². The van der Waals surface area contributed by atoms with Gasteiger partial charge in [-0.15, -0.1) is 0 Å². The molecule has 0 atom stereocenters. The molecular formula is C17H21N3O. The molecule has 2 rings (SSSR count). The number of aryl methyl sites for hydroxylation is 1. The van der Waals surface area contributed by atoms with Gasteiger partial charge in [0.25, 0.3) is 0 Å². The van der Waals surface area contributed by atoms with Crippen LogP contribution in [-0.4, -0.2) is 11.0 Å². The molecule has 1 aromatic heterocycles. The minimum Gasteiger partial charge on any atom is -0.334 e. The lowest BCUT2D eigenvalue weighted by Crippen LogP contribution is -2.29. The van der Waals surface area contributed by atoms with Crippen molar-refractivity contribution in [1.82, 2.24) is 10.3 Å². The topological polar surface area (TPSA) is 54.0 Å². The van der Waals surface area contributed by atoms with Gasteiger partial charge in [-0.05, 0) is 41.7 Å². The Balaban J connectivity index is 2.03. The largest absolute Gasteiger partial charge is 0.334 e. The van der Waals surface area contributed by atoms with Crippen LogP contribution in [0.1, 0.15) is 36.5 Å². The number of aromatic nitrogens is 1. The number of nitrogens with one attached hydrogen (secondary N) is 2. The Labute approximate surface area is 125 Å². The van der Waals surface area contributed by atoms with Gasteiger partial charge in [-0.2, -0.15) is 0 Å². The molecule has 0 aliphatic rings. The third kappa shape index (κ3) is 4.05. The van der Waals surface area contributed by atoms with Gasteiger partial charge in [0, 0.05) is 24.6 Å². The lowest BCUT2D eigenvalue weighted by Gasteiger charge is -2.16. The molecule has 110 valence electrons. The van der Waals surface area contributed by atoms with E-state index in [0.29, 0.717) is 12.5 Å². The predicted molar refractivity (Wildman–Crippen MR) is 85.4 cm³/mol. The van der Waals surface area contributed by atoms with Gasteiger partial charge in [0.05, 0.1) is 0 Å². The minimum absolute atomic E-state index is 0.192. The summed E-state index contributed by atoms with van der Waals surface area (Å²) in [6.07, 6.45) is 3.43. The highest BCUT2D eigenvalue weighted by atomic mass is 16.2. The first kappa shape index (κ1) is 15.0. The van der Waals surface area contributed by atoms with Crippen LogP contribution in [0.5, 0.6) is 0 Å². The van der Waals surface area contributed by atoms with Crippen LogP contribution in [-0.2, 0) is 6.54 Å². The molecule has 0 saturated carbocycles. The highest BCUT2D eigenvalue weighted by molar-refractivity contribution is 5.91. The normalized spacial score (nSPS) is 10.5. The summed E-state index contributed by atoms with van der Waals surface area (Å²) >= 11 is 0. The number of amides is 2. The maximum atomic E-state index is 12.1. The van der Waals surface area contributed by atoms with Crippen molar-refractivity contribution < 1.29 is 4.79 Å². The first-order chi connectivity index (χ1) is 10.1. The average molecular weight is 283 g/mol. The number of nitrogens with zero attached hydrogens (tertiary/aromatic N) is 1. The van der Waals surface area contributed by atoms with Crippen molar-refractivity contribution >= 4 is 11.7 Å². The van der Waals surface area contributed by atoms with E-state index < -0.39 is 0 Å². The van der Waals surface area contributed by atoms with Crippen molar-refractivity contribution in [2.75, 3.05) is 5.32 Å². The fraction of sp³-hybridized carbons (Fsp3) is 0.294. The molecule has 4 heteroatoms. The molecule has 2 amide bonds. The van der Waals surface area contributed by atoms with E-state index in [1.54, 1.807) is 12.4 Å². The third-order valence-corrected chi connectivity index (χ3v) is 3.37. The van der Waals surface area contributed by atoms with Crippen molar-refractivity contribution in [2.45, 2.75) is 33.2 Å². The maximum Gasteiger partial charge on any atom is 0.319 e. The summed E-state index contributed by atoms with van der Waals surface area (Å²) in [5.41, 5.74) is 4.14. The fourth-order valence-electron chi connectivity index (χ4n) is 2.18. The molecule has 0 saturated heterocycles. The van der Waals surface area contributed by atoms with Crippen molar-refractivity contribution in [1.29, 1.82) is 0 Å². The molecule has 1 aromatic carbocycles. The number of hydrogen-bond donors (Lipinski definition) is 2. The van der Waals surface area contributed by atoms with Crippen LogP contribution in [0.3, 0.4) is 0 Å². The number of para-hydroxylation sites is 1.